The van der Waals surface area contributed by atoms with Gasteiger partial charge in [-0.25, -0.2) is 4.98 Å². The summed E-state index contributed by atoms with van der Waals surface area (Å²) in [6, 6.07) is 10.2. The molecule has 2 N–H and O–H groups in total. The van der Waals surface area contributed by atoms with Crippen LogP contribution in [0.25, 0.3) is 10.9 Å². The molecule has 3 rings (SSSR count). The summed E-state index contributed by atoms with van der Waals surface area (Å²) in [5.41, 5.74) is 3.16. The van der Waals surface area contributed by atoms with E-state index in [-0.39, 0.29) is 0 Å². The van der Waals surface area contributed by atoms with Gasteiger partial charge in [-0.05, 0) is 39.0 Å². The molecule has 0 amide bonds. The number of hydrogen-bond acceptors (Lipinski definition) is 2. The molecule has 0 radical (unpaired) electrons. The van der Waals surface area contributed by atoms with Crippen LogP contribution in [0, 0.1) is 0 Å². The number of hydrogen-bond donors (Lipinski definition) is 2. The fourth-order valence-corrected chi connectivity index (χ4v) is 2.54. The SMILES string of the molecule is Clc1ncc(Br)cc1NCc1cccc2cc[nH]c12. The summed E-state index contributed by atoms with van der Waals surface area (Å²) in [4.78, 5) is 7.34. The van der Waals surface area contributed by atoms with Crippen LogP contribution in [-0.4, -0.2) is 9.97 Å². The molecule has 0 aliphatic heterocycles. The smallest absolute Gasteiger partial charge is 0.152 e. The summed E-state index contributed by atoms with van der Waals surface area (Å²) in [5, 5.41) is 4.99. The van der Waals surface area contributed by atoms with E-state index in [0.29, 0.717) is 11.7 Å². The van der Waals surface area contributed by atoms with Gasteiger partial charge in [-0.2, -0.15) is 0 Å². The number of H-pyrrole nitrogens is 1. The third-order valence-corrected chi connectivity index (χ3v) is 3.68. The van der Waals surface area contributed by atoms with Gasteiger partial charge in [0.1, 0.15) is 0 Å². The van der Waals surface area contributed by atoms with E-state index in [0.717, 1.165) is 15.7 Å². The van der Waals surface area contributed by atoms with Crippen molar-refractivity contribution in [1.82, 2.24) is 9.97 Å². The zero-order valence-electron chi connectivity index (χ0n) is 9.95. The molecule has 0 bridgehead atoms. The lowest BCUT2D eigenvalue weighted by molar-refractivity contribution is 1.14. The lowest BCUT2D eigenvalue weighted by Crippen LogP contribution is -2.01. The molecule has 1 aromatic carbocycles. The Hall–Kier alpha value is -1.52. The molecule has 3 aromatic rings. The molecule has 3 nitrogen and oxygen atoms in total. The normalized spacial score (nSPS) is 10.8. The zero-order valence-corrected chi connectivity index (χ0v) is 12.3. The van der Waals surface area contributed by atoms with Crippen LogP contribution in [0.1, 0.15) is 5.56 Å². The van der Waals surface area contributed by atoms with Crippen molar-refractivity contribution >= 4 is 44.1 Å². The number of halogens is 2. The maximum atomic E-state index is 6.06. The Morgan fingerprint density at radius 1 is 1.32 bits per heavy atom. The van der Waals surface area contributed by atoms with Crippen LogP contribution in [0.15, 0.2) is 47.2 Å². The molecule has 0 aliphatic rings. The number of nitrogens with one attached hydrogen (secondary N) is 2. The topological polar surface area (TPSA) is 40.7 Å². The summed E-state index contributed by atoms with van der Waals surface area (Å²) in [5.74, 6) is 0. The predicted molar refractivity (Wildman–Crippen MR) is 82.6 cm³/mol. The largest absolute Gasteiger partial charge is 0.378 e. The Labute approximate surface area is 124 Å². The first kappa shape index (κ1) is 12.5. The van der Waals surface area contributed by atoms with Gasteiger partial charge in [0, 0.05) is 23.4 Å². The standard InChI is InChI=1S/C14H11BrClN3/c15-11-6-12(14(16)19-8-11)18-7-10-3-1-2-9-4-5-17-13(9)10/h1-6,8,17-18H,7H2. The fourth-order valence-electron chi connectivity index (χ4n) is 2.03. The van der Waals surface area contributed by atoms with Crippen molar-refractivity contribution in [1.29, 1.82) is 0 Å². The van der Waals surface area contributed by atoms with Gasteiger partial charge in [0.05, 0.1) is 11.2 Å². The van der Waals surface area contributed by atoms with E-state index in [1.807, 2.05) is 18.3 Å². The number of para-hydroxylation sites is 1. The van der Waals surface area contributed by atoms with E-state index in [9.17, 15) is 0 Å². The van der Waals surface area contributed by atoms with E-state index in [1.165, 1.54) is 10.9 Å². The van der Waals surface area contributed by atoms with E-state index in [1.54, 1.807) is 6.20 Å². The maximum Gasteiger partial charge on any atom is 0.152 e. The van der Waals surface area contributed by atoms with Gasteiger partial charge in [-0.15, -0.1) is 0 Å². The summed E-state index contributed by atoms with van der Waals surface area (Å²) in [7, 11) is 0. The van der Waals surface area contributed by atoms with Crippen molar-refractivity contribution in [2.75, 3.05) is 5.32 Å². The van der Waals surface area contributed by atoms with E-state index < -0.39 is 0 Å². The second-order valence-corrected chi connectivity index (χ2v) is 5.48. The van der Waals surface area contributed by atoms with Crippen molar-refractivity contribution < 1.29 is 0 Å². The molecular weight excluding hydrogens is 326 g/mol. The Bertz CT molecular complexity index is 724. The lowest BCUT2D eigenvalue weighted by atomic mass is 10.1. The lowest BCUT2D eigenvalue weighted by Gasteiger charge is -2.09. The Morgan fingerprint density at radius 2 is 2.21 bits per heavy atom. The first-order valence-electron chi connectivity index (χ1n) is 5.84. The summed E-state index contributed by atoms with van der Waals surface area (Å²) in [6.45, 7) is 0.690. The minimum Gasteiger partial charge on any atom is -0.378 e. The van der Waals surface area contributed by atoms with E-state index >= 15 is 0 Å². The van der Waals surface area contributed by atoms with Crippen LogP contribution in [0.4, 0.5) is 5.69 Å². The van der Waals surface area contributed by atoms with Crippen molar-refractivity contribution in [2.24, 2.45) is 0 Å². The van der Waals surface area contributed by atoms with Crippen molar-refractivity contribution in [2.45, 2.75) is 6.54 Å². The second-order valence-electron chi connectivity index (χ2n) is 4.20. The molecule has 2 aromatic heterocycles. The molecule has 0 aliphatic carbocycles. The average Bonchev–Trinajstić information content (AvgIpc) is 2.88. The van der Waals surface area contributed by atoms with Gasteiger partial charge in [0.25, 0.3) is 0 Å². The number of benzene rings is 1. The highest BCUT2D eigenvalue weighted by Crippen LogP contribution is 2.24. The number of fused-ring (bicyclic) bond motifs is 1. The Balaban J connectivity index is 1.86. The number of pyridine rings is 1. The van der Waals surface area contributed by atoms with Gasteiger partial charge in [-0.3, -0.25) is 0 Å². The fraction of sp³-hybridized carbons (Fsp3) is 0.0714. The monoisotopic (exact) mass is 335 g/mol. The number of aromatic nitrogens is 2. The highest BCUT2D eigenvalue weighted by molar-refractivity contribution is 9.10. The Morgan fingerprint density at radius 3 is 3.11 bits per heavy atom. The quantitative estimate of drug-likeness (QED) is 0.687. The highest BCUT2D eigenvalue weighted by Gasteiger charge is 2.05. The number of anilines is 1. The molecular formula is C14H11BrClN3. The van der Waals surface area contributed by atoms with Crippen LogP contribution in [0.2, 0.25) is 5.15 Å². The molecule has 0 spiro atoms. The molecule has 0 fully saturated rings. The minimum absolute atomic E-state index is 0.474. The van der Waals surface area contributed by atoms with Gasteiger partial charge in [0.15, 0.2) is 5.15 Å². The molecule has 0 saturated heterocycles. The maximum absolute atomic E-state index is 6.06. The highest BCUT2D eigenvalue weighted by atomic mass is 79.9. The number of rotatable bonds is 3. The van der Waals surface area contributed by atoms with Crippen LogP contribution in [-0.2, 0) is 6.54 Å². The van der Waals surface area contributed by atoms with Gasteiger partial charge in [-0.1, -0.05) is 29.8 Å². The average molecular weight is 337 g/mol. The van der Waals surface area contributed by atoms with Crippen molar-refractivity contribution in [3.63, 3.8) is 0 Å². The van der Waals surface area contributed by atoms with Crippen LogP contribution in [0.3, 0.4) is 0 Å². The molecule has 96 valence electrons. The van der Waals surface area contributed by atoms with Crippen molar-refractivity contribution in [3.8, 4) is 0 Å². The second kappa shape index (κ2) is 5.23. The molecule has 0 unspecified atom stereocenters. The first-order chi connectivity index (χ1) is 9.24. The Kier molecular flexibility index (Phi) is 3.44. The van der Waals surface area contributed by atoms with Crippen LogP contribution >= 0.6 is 27.5 Å². The third-order valence-electron chi connectivity index (χ3n) is 2.95. The molecule has 0 saturated carbocycles. The summed E-state index contributed by atoms with van der Waals surface area (Å²) < 4.78 is 0.900. The third kappa shape index (κ3) is 2.60. The van der Waals surface area contributed by atoms with Gasteiger partial charge in [0.2, 0.25) is 0 Å². The summed E-state index contributed by atoms with van der Waals surface area (Å²) in [6.07, 6.45) is 3.63. The van der Waals surface area contributed by atoms with Gasteiger partial charge >= 0.3 is 0 Å². The number of aromatic amines is 1. The minimum atomic E-state index is 0.474. The molecule has 19 heavy (non-hydrogen) atoms. The van der Waals surface area contributed by atoms with Gasteiger partial charge < -0.3 is 10.3 Å². The molecule has 0 atom stereocenters. The predicted octanol–water partition coefficient (Wildman–Crippen LogP) is 4.59. The van der Waals surface area contributed by atoms with Crippen LogP contribution in [0.5, 0.6) is 0 Å². The first-order valence-corrected chi connectivity index (χ1v) is 7.01. The molecule has 2 heterocycles. The van der Waals surface area contributed by atoms with Crippen LogP contribution < -0.4 is 5.32 Å². The van der Waals surface area contributed by atoms with E-state index in [2.05, 4.69) is 49.4 Å². The molecule has 5 heteroatoms. The van der Waals surface area contributed by atoms with E-state index in [4.69, 9.17) is 11.6 Å². The zero-order chi connectivity index (χ0) is 13.2. The number of nitrogens with zero attached hydrogens (tertiary/aromatic N) is 1. The summed E-state index contributed by atoms with van der Waals surface area (Å²) >= 11 is 9.45. The van der Waals surface area contributed by atoms with Crippen molar-refractivity contribution in [3.05, 3.63) is 57.9 Å².